The fraction of sp³-hybridized carbons (Fsp3) is 0.238. The minimum atomic E-state index is -2.46. The van der Waals surface area contributed by atoms with Crippen LogP contribution in [-0.4, -0.2) is 31.5 Å². The second-order valence-corrected chi connectivity index (χ2v) is 9.65. The molecule has 2 aromatic carbocycles. The molecular formula is C21H21N3O3S. The lowest BCUT2D eigenvalue weighted by atomic mass is 9.90. The third kappa shape index (κ3) is 3.38. The topological polar surface area (TPSA) is 123 Å². The van der Waals surface area contributed by atoms with Crippen LogP contribution in [-0.2, 0) is 0 Å². The normalized spacial score (nSPS) is 17.9. The van der Waals surface area contributed by atoms with Crippen LogP contribution in [0.15, 0.2) is 42.6 Å². The smallest absolute Gasteiger partial charge is 0.250 e. The van der Waals surface area contributed by atoms with Gasteiger partial charge in [-0.15, -0.1) is 0 Å². The Kier molecular flexibility index (Phi) is 4.63. The van der Waals surface area contributed by atoms with Gasteiger partial charge in [0.15, 0.2) is 0 Å². The molecule has 0 radical (unpaired) electrons. The summed E-state index contributed by atoms with van der Waals surface area (Å²) in [7, 11) is -2.46. The van der Waals surface area contributed by atoms with Crippen LogP contribution in [0.4, 0.5) is 0 Å². The largest absolute Gasteiger partial charge is 0.366 e. The van der Waals surface area contributed by atoms with Crippen molar-refractivity contribution in [2.75, 3.05) is 11.5 Å². The molecule has 0 aliphatic carbocycles. The van der Waals surface area contributed by atoms with Crippen molar-refractivity contribution >= 4 is 27.4 Å². The van der Waals surface area contributed by atoms with Gasteiger partial charge in [-0.05, 0) is 59.7 Å². The average molecular weight is 395 g/mol. The number of hydrogen-bond donors (Lipinski definition) is 4. The van der Waals surface area contributed by atoms with E-state index in [9.17, 15) is 19.2 Å². The second-order valence-electron chi connectivity index (χ2n) is 7.23. The number of nitriles is 1. The van der Waals surface area contributed by atoms with Crippen molar-refractivity contribution in [2.24, 2.45) is 5.73 Å². The van der Waals surface area contributed by atoms with Crippen LogP contribution in [0.3, 0.4) is 0 Å². The van der Waals surface area contributed by atoms with E-state index in [-0.39, 0.29) is 5.92 Å². The molecule has 144 valence electrons. The maximum absolute atomic E-state index is 12.1. The van der Waals surface area contributed by atoms with Gasteiger partial charge < -0.3 is 10.7 Å². The summed E-state index contributed by atoms with van der Waals surface area (Å²) >= 11 is 0. The number of rotatable bonds is 3. The third-order valence-electron chi connectivity index (χ3n) is 5.44. The van der Waals surface area contributed by atoms with Gasteiger partial charge in [0.1, 0.15) is 0 Å². The quantitative estimate of drug-likeness (QED) is 0.523. The van der Waals surface area contributed by atoms with Crippen molar-refractivity contribution in [3.8, 4) is 17.2 Å². The number of amides is 1. The van der Waals surface area contributed by atoms with Gasteiger partial charge in [-0.3, -0.25) is 13.9 Å². The molecule has 1 aliphatic rings. The maximum Gasteiger partial charge on any atom is 0.250 e. The number of nitrogens with one attached hydrogen (secondary N) is 1. The molecule has 28 heavy (non-hydrogen) atoms. The Morgan fingerprint density at radius 3 is 2.61 bits per heavy atom. The molecule has 5 N–H and O–H groups in total. The third-order valence-corrected chi connectivity index (χ3v) is 7.22. The van der Waals surface area contributed by atoms with Gasteiger partial charge in [0.05, 0.1) is 22.7 Å². The molecule has 0 atom stereocenters. The predicted octanol–water partition coefficient (Wildman–Crippen LogP) is 4.43. The van der Waals surface area contributed by atoms with Crippen LogP contribution in [0.5, 0.6) is 0 Å². The number of aromatic nitrogens is 1. The average Bonchev–Trinajstić information content (AvgIpc) is 3.11. The fourth-order valence-electron chi connectivity index (χ4n) is 3.94. The highest BCUT2D eigenvalue weighted by molar-refractivity contribution is 8.24. The number of nitrogens with zero attached hydrogens (tertiary/aromatic N) is 1. The monoisotopic (exact) mass is 395 g/mol. The summed E-state index contributed by atoms with van der Waals surface area (Å²) in [5.41, 5.74) is 10.00. The van der Waals surface area contributed by atoms with E-state index < -0.39 is 16.5 Å². The second kappa shape index (κ2) is 6.99. The highest BCUT2D eigenvalue weighted by Gasteiger charge is 2.27. The molecule has 0 unspecified atom stereocenters. The van der Waals surface area contributed by atoms with E-state index in [1.165, 1.54) is 0 Å². The predicted molar refractivity (Wildman–Crippen MR) is 112 cm³/mol. The van der Waals surface area contributed by atoms with E-state index in [1.54, 1.807) is 18.2 Å². The molecule has 1 aliphatic heterocycles. The van der Waals surface area contributed by atoms with E-state index in [4.69, 9.17) is 5.73 Å². The number of hydrogen-bond acceptors (Lipinski definition) is 4. The number of aromatic amines is 1. The molecule has 1 amide bonds. The summed E-state index contributed by atoms with van der Waals surface area (Å²) < 4.78 is 19.8. The van der Waals surface area contributed by atoms with E-state index in [0.717, 1.165) is 22.1 Å². The van der Waals surface area contributed by atoms with Gasteiger partial charge in [-0.2, -0.15) is 15.9 Å². The summed E-state index contributed by atoms with van der Waals surface area (Å²) in [6, 6.07) is 13.1. The standard InChI is InChI=1S/C21H21N3O3S/c22-11-13-2-1-3-15(8-13)16-9-17-19(14-4-6-28(26,27)7-5-14)12-24-20(17)18(10-16)21(23)25/h1-3,8-10,12,14,24,26-27H,4-7H2,(H2,23,25). The molecule has 3 aromatic rings. The Hall–Kier alpha value is -2.79. The summed E-state index contributed by atoms with van der Waals surface area (Å²) in [5, 5.41) is 10.1. The number of nitrogens with two attached hydrogens (primary N) is 1. The van der Waals surface area contributed by atoms with Crippen LogP contribution >= 0.6 is 10.6 Å². The molecule has 1 fully saturated rings. The fourth-order valence-corrected chi connectivity index (χ4v) is 5.47. The van der Waals surface area contributed by atoms with Gasteiger partial charge in [-0.1, -0.05) is 12.1 Å². The van der Waals surface area contributed by atoms with Gasteiger partial charge in [-0.25, -0.2) is 0 Å². The van der Waals surface area contributed by atoms with Crippen molar-refractivity contribution in [1.82, 2.24) is 4.98 Å². The molecule has 6 nitrogen and oxygen atoms in total. The first-order valence-corrected chi connectivity index (χ1v) is 11.0. The van der Waals surface area contributed by atoms with Gasteiger partial charge in [0.2, 0.25) is 0 Å². The Bertz CT molecular complexity index is 1100. The lowest BCUT2D eigenvalue weighted by Crippen LogP contribution is -2.19. The summed E-state index contributed by atoms with van der Waals surface area (Å²) in [5.74, 6) is 0.470. The Morgan fingerprint density at radius 2 is 1.93 bits per heavy atom. The Labute approximate surface area is 164 Å². The van der Waals surface area contributed by atoms with Gasteiger partial charge in [0, 0.05) is 23.1 Å². The van der Waals surface area contributed by atoms with E-state index in [2.05, 4.69) is 11.1 Å². The molecule has 4 rings (SSSR count). The van der Waals surface area contributed by atoms with Crippen LogP contribution in [0, 0.1) is 11.3 Å². The van der Waals surface area contributed by atoms with E-state index in [1.807, 2.05) is 24.4 Å². The van der Waals surface area contributed by atoms with Crippen LogP contribution in [0.1, 0.15) is 40.2 Å². The maximum atomic E-state index is 12.1. The zero-order valence-corrected chi connectivity index (χ0v) is 16.0. The highest BCUT2D eigenvalue weighted by atomic mass is 32.3. The molecule has 1 saturated heterocycles. The molecule has 0 bridgehead atoms. The summed E-state index contributed by atoms with van der Waals surface area (Å²) in [4.78, 5) is 15.3. The van der Waals surface area contributed by atoms with Gasteiger partial charge >= 0.3 is 0 Å². The number of primary amides is 1. The first-order chi connectivity index (χ1) is 13.4. The zero-order chi connectivity index (χ0) is 19.9. The molecule has 2 heterocycles. The number of H-pyrrole nitrogens is 1. The first kappa shape index (κ1) is 18.6. The summed E-state index contributed by atoms with van der Waals surface area (Å²) in [6.45, 7) is 0. The number of carbonyl (C=O) groups excluding carboxylic acids is 1. The van der Waals surface area contributed by atoms with Crippen LogP contribution in [0.25, 0.3) is 22.0 Å². The molecule has 0 saturated carbocycles. The zero-order valence-electron chi connectivity index (χ0n) is 15.2. The molecule has 7 heteroatoms. The summed E-state index contributed by atoms with van der Waals surface area (Å²) in [6.07, 6.45) is 3.28. The highest BCUT2D eigenvalue weighted by Crippen LogP contribution is 2.49. The minimum absolute atomic E-state index is 0.190. The number of carbonyl (C=O) groups is 1. The number of benzene rings is 2. The van der Waals surface area contributed by atoms with Crippen LogP contribution in [0.2, 0.25) is 0 Å². The van der Waals surface area contributed by atoms with E-state index >= 15 is 0 Å². The lowest BCUT2D eigenvalue weighted by molar-refractivity contribution is 0.100. The Balaban J connectivity index is 1.84. The minimum Gasteiger partial charge on any atom is -0.366 e. The molecule has 0 spiro atoms. The van der Waals surface area contributed by atoms with Crippen molar-refractivity contribution in [1.29, 1.82) is 5.26 Å². The van der Waals surface area contributed by atoms with E-state index in [0.29, 0.717) is 41.0 Å². The Morgan fingerprint density at radius 1 is 1.18 bits per heavy atom. The van der Waals surface area contributed by atoms with Crippen molar-refractivity contribution in [3.63, 3.8) is 0 Å². The molecule has 1 aromatic heterocycles. The molecular weight excluding hydrogens is 374 g/mol. The van der Waals surface area contributed by atoms with Crippen molar-refractivity contribution in [3.05, 3.63) is 59.3 Å². The van der Waals surface area contributed by atoms with Crippen molar-refractivity contribution in [2.45, 2.75) is 18.8 Å². The van der Waals surface area contributed by atoms with Gasteiger partial charge in [0.25, 0.3) is 5.91 Å². The van der Waals surface area contributed by atoms with Crippen LogP contribution < -0.4 is 5.73 Å². The number of fused-ring (bicyclic) bond motifs is 1. The van der Waals surface area contributed by atoms with Crippen molar-refractivity contribution < 1.29 is 13.9 Å². The lowest BCUT2D eigenvalue weighted by Gasteiger charge is -2.39. The first-order valence-electron chi connectivity index (χ1n) is 9.07. The SMILES string of the molecule is N#Cc1cccc(-c2cc(C(N)=O)c3[nH]cc(C4CCS(O)(O)CC4)c3c2)c1.